The summed E-state index contributed by atoms with van der Waals surface area (Å²) in [6.07, 6.45) is 0. The summed E-state index contributed by atoms with van der Waals surface area (Å²) in [5.41, 5.74) is 3.08. The monoisotopic (exact) mass is 222 g/mol. The van der Waals surface area contributed by atoms with Gasteiger partial charge >= 0.3 is 0 Å². The van der Waals surface area contributed by atoms with Gasteiger partial charge in [-0.05, 0) is 31.0 Å². The molecule has 1 aromatic carbocycles. The van der Waals surface area contributed by atoms with Gasteiger partial charge in [-0.15, -0.1) is 0 Å². The summed E-state index contributed by atoms with van der Waals surface area (Å²) in [5.74, 6) is 1.58. The minimum Gasteiger partial charge on any atom is -0.454 e. The summed E-state index contributed by atoms with van der Waals surface area (Å²) >= 11 is 0. The molecule has 1 aliphatic heterocycles. The Bertz CT molecular complexity index is 422. The van der Waals surface area contributed by atoms with Crippen molar-refractivity contribution in [2.45, 2.75) is 33.1 Å². The van der Waals surface area contributed by atoms with Gasteiger partial charge in [-0.25, -0.2) is 0 Å². The molecule has 0 spiro atoms. The Morgan fingerprint density at radius 2 is 2.00 bits per heavy atom. The summed E-state index contributed by atoms with van der Waals surface area (Å²) < 4.78 is 10.9. The van der Waals surface area contributed by atoms with Crippen LogP contribution in [0.15, 0.2) is 6.07 Å². The highest BCUT2D eigenvalue weighted by Gasteiger charge is 2.31. The lowest BCUT2D eigenvalue weighted by molar-refractivity contribution is 0.169. The van der Waals surface area contributed by atoms with Crippen LogP contribution >= 0.6 is 0 Å². The van der Waals surface area contributed by atoms with E-state index < -0.39 is 0 Å². The first-order chi connectivity index (χ1) is 7.47. The number of aliphatic hydroxyl groups excluding tert-OH is 1. The highest BCUT2D eigenvalue weighted by molar-refractivity contribution is 5.57. The Morgan fingerprint density at radius 1 is 1.31 bits per heavy atom. The van der Waals surface area contributed by atoms with Crippen LogP contribution in [0.1, 0.15) is 30.5 Å². The third kappa shape index (κ3) is 1.55. The van der Waals surface area contributed by atoms with Gasteiger partial charge < -0.3 is 14.6 Å². The first kappa shape index (κ1) is 11.3. The van der Waals surface area contributed by atoms with Crippen molar-refractivity contribution in [1.82, 2.24) is 0 Å². The van der Waals surface area contributed by atoms with E-state index in [1.807, 2.05) is 26.8 Å². The molecule has 1 aromatic rings. The van der Waals surface area contributed by atoms with E-state index in [2.05, 4.69) is 6.92 Å². The molecule has 0 saturated carbocycles. The average molecular weight is 222 g/mol. The molecule has 1 heterocycles. The van der Waals surface area contributed by atoms with Gasteiger partial charge in [0.1, 0.15) is 0 Å². The zero-order valence-corrected chi connectivity index (χ0v) is 10.3. The first-order valence-corrected chi connectivity index (χ1v) is 5.48. The molecule has 0 aliphatic carbocycles. The third-order valence-electron chi connectivity index (χ3n) is 3.25. The van der Waals surface area contributed by atoms with Crippen molar-refractivity contribution in [3.63, 3.8) is 0 Å². The third-order valence-corrected chi connectivity index (χ3v) is 3.25. The lowest BCUT2D eigenvalue weighted by atomic mass is 9.80. The van der Waals surface area contributed by atoms with Crippen LogP contribution in [0, 0.1) is 13.8 Å². The first-order valence-electron chi connectivity index (χ1n) is 5.48. The Hall–Kier alpha value is -1.22. The summed E-state index contributed by atoms with van der Waals surface area (Å²) in [7, 11) is 0. The summed E-state index contributed by atoms with van der Waals surface area (Å²) in [5, 5.41) is 9.50. The number of fused-ring (bicyclic) bond motifs is 1. The number of hydrogen-bond acceptors (Lipinski definition) is 3. The molecule has 2 rings (SSSR count). The van der Waals surface area contributed by atoms with Crippen molar-refractivity contribution in [2.75, 3.05) is 13.4 Å². The minimum absolute atomic E-state index is 0.0904. The maximum absolute atomic E-state index is 9.50. The minimum atomic E-state index is -0.312. The van der Waals surface area contributed by atoms with Crippen LogP contribution in [0.4, 0.5) is 0 Å². The normalized spacial score (nSPS) is 14.3. The quantitative estimate of drug-likeness (QED) is 0.834. The molecule has 0 saturated heterocycles. The number of benzene rings is 1. The fourth-order valence-electron chi connectivity index (χ4n) is 2.16. The maximum atomic E-state index is 9.50. The number of hydrogen-bond donors (Lipinski definition) is 1. The zero-order valence-electron chi connectivity index (χ0n) is 10.3. The molecule has 1 N–H and O–H groups in total. The topological polar surface area (TPSA) is 38.7 Å². The number of ether oxygens (including phenoxy) is 2. The van der Waals surface area contributed by atoms with Crippen molar-refractivity contribution < 1.29 is 14.6 Å². The van der Waals surface area contributed by atoms with E-state index in [-0.39, 0.29) is 18.8 Å². The second-order valence-corrected chi connectivity index (χ2v) is 4.97. The Labute approximate surface area is 96.0 Å². The molecular formula is C13H18O3. The van der Waals surface area contributed by atoms with Crippen LogP contribution in [0.2, 0.25) is 0 Å². The van der Waals surface area contributed by atoms with Gasteiger partial charge in [0.05, 0.1) is 6.61 Å². The fraction of sp³-hybridized carbons (Fsp3) is 0.538. The molecule has 88 valence electrons. The highest BCUT2D eigenvalue weighted by atomic mass is 16.7. The van der Waals surface area contributed by atoms with E-state index in [1.165, 1.54) is 11.1 Å². The zero-order chi connectivity index (χ0) is 11.9. The van der Waals surface area contributed by atoms with Crippen molar-refractivity contribution >= 4 is 0 Å². The smallest absolute Gasteiger partial charge is 0.231 e. The fourth-order valence-corrected chi connectivity index (χ4v) is 2.16. The van der Waals surface area contributed by atoms with Gasteiger partial charge in [-0.3, -0.25) is 0 Å². The van der Waals surface area contributed by atoms with Gasteiger partial charge in [0, 0.05) is 11.0 Å². The SMILES string of the molecule is Cc1cc2c(c(C(C)(C)CO)c1C)OCO2. The van der Waals surface area contributed by atoms with Gasteiger partial charge in [0.15, 0.2) is 11.5 Å². The van der Waals surface area contributed by atoms with Gasteiger partial charge in [0.25, 0.3) is 0 Å². The van der Waals surface area contributed by atoms with Crippen LogP contribution < -0.4 is 9.47 Å². The van der Waals surface area contributed by atoms with E-state index in [1.54, 1.807) is 0 Å². The van der Waals surface area contributed by atoms with Crippen molar-refractivity contribution in [3.05, 3.63) is 22.8 Å². The average Bonchev–Trinajstić information content (AvgIpc) is 2.66. The summed E-state index contributed by atoms with van der Waals surface area (Å²) in [6, 6.07) is 1.99. The Kier molecular flexibility index (Phi) is 2.58. The van der Waals surface area contributed by atoms with Crippen LogP contribution in [0.3, 0.4) is 0 Å². The van der Waals surface area contributed by atoms with E-state index in [9.17, 15) is 5.11 Å². The van der Waals surface area contributed by atoms with Crippen molar-refractivity contribution in [2.24, 2.45) is 0 Å². The highest BCUT2D eigenvalue weighted by Crippen LogP contribution is 2.44. The molecule has 0 amide bonds. The van der Waals surface area contributed by atoms with Gasteiger partial charge in [0.2, 0.25) is 6.79 Å². The van der Waals surface area contributed by atoms with E-state index in [0.717, 1.165) is 17.1 Å². The lowest BCUT2D eigenvalue weighted by Gasteiger charge is -2.26. The molecule has 0 radical (unpaired) electrons. The second kappa shape index (κ2) is 3.67. The number of aliphatic hydroxyl groups is 1. The standard InChI is InChI=1S/C13H18O3/c1-8-5-10-12(16-7-15-10)11(9(8)2)13(3,4)6-14/h5,14H,6-7H2,1-4H3. The second-order valence-electron chi connectivity index (χ2n) is 4.97. The van der Waals surface area contributed by atoms with Crippen molar-refractivity contribution in [3.8, 4) is 11.5 Å². The largest absolute Gasteiger partial charge is 0.454 e. The van der Waals surface area contributed by atoms with E-state index in [4.69, 9.17) is 9.47 Å². The maximum Gasteiger partial charge on any atom is 0.231 e. The molecule has 0 fully saturated rings. The van der Waals surface area contributed by atoms with Crippen LogP contribution in [0.5, 0.6) is 11.5 Å². The molecule has 3 nitrogen and oxygen atoms in total. The predicted octanol–water partition coefficient (Wildman–Crippen LogP) is 2.30. The van der Waals surface area contributed by atoms with E-state index in [0.29, 0.717) is 0 Å². The predicted molar refractivity (Wildman–Crippen MR) is 62.2 cm³/mol. The van der Waals surface area contributed by atoms with Gasteiger partial charge in [-0.2, -0.15) is 0 Å². The number of aryl methyl sites for hydroxylation is 1. The number of rotatable bonds is 2. The van der Waals surface area contributed by atoms with E-state index >= 15 is 0 Å². The van der Waals surface area contributed by atoms with Crippen LogP contribution in [-0.4, -0.2) is 18.5 Å². The lowest BCUT2D eigenvalue weighted by Crippen LogP contribution is -2.24. The molecular weight excluding hydrogens is 204 g/mol. The molecule has 1 aliphatic rings. The molecule has 0 aromatic heterocycles. The Morgan fingerprint density at radius 3 is 2.62 bits per heavy atom. The summed E-state index contributed by atoms with van der Waals surface area (Å²) in [6.45, 7) is 8.49. The van der Waals surface area contributed by atoms with Crippen LogP contribution in [0.25, 0.3) is 0 Å². The van der Waals surface area contributed by atoms with Gasteiger partial charge in [-0.1, -0.05) is 13.8 Å². The van der Waals surface area contributed by atoms with Crippen molar-refractivity contribution in [1.29, 1.82) is 0 Å². The molecule has 0 bridgehead atoms. The molecule has 16 heavy (non-hydrogen) atoms. The molecule has 0 unspecified atom stereocenters. The molecule has 0 atom stereocenters. The summed E-state index contributed by atoms with van der Waals surface area (Å²) in [4.78, 5) is 0. The molecule has 3 heteroatoms. The van der Waals surface area contributed by atoms with Crippen LogP contribution in [-0.2, 0) is 5.41 Å². The Balaban J connectivity index is 2.68.